The van der Waals surface area contributed by atoms with Crippen LogP contribution in [0, 0.1) is 0 Å². The fourth-order valence-corrected chi connectivity index (χ4v) is 4.13. The van der Waals surface area contributed by atoms with Gasteiger partial charge in [0.2, 0.25) is 0 Å². The average Bonchev–Trinajstić information content (AvgIpc) is 3.36. The molecule has 0 saturated heterocycles. The zero-order valence-electron chi connectivity index (χ0n) is 16.4. The number of carbonyl (C=O) groups excluding carboxylic acids is 1. The summed E-state index contributed by atoms with van der Waals surface area (Å²) in [5.41, 5.74) is 13.3. The van der Waals surface area contributed by atoms with E-state index in [1.807, 2.05) is 54.6 Å². The maximum atomic E-state index is 12.2. The van der Waals surface area contributed by atoms with E-state index < -0.39 is 0 Å². The van der Waals surface area contributed by atoms with Crippen LogP contribution in [0.4, 0.5) is 16.3 Å². The third-order valence-electron chi connectivity index (χ3n) is 5.50. The van der Waals surface area contributed by atoms with E-state index in [9.17, 15) is 4.79 Å². The molecular formula is C23H22N6O. The second-order valence-electron chi connectivity index (χ2n) is 7.41. The largest absolute Gasteiger partial charge is 0.382 e. The average molecular weight is 398 g/mol. The molecule has 0 spiro atoms. The molecule has 0 unspecified atom stereocenters. The van der Waals surface area contributed by atoms with Crippen molar-refractivity contribution in [1.82, 2.24) is 19.9 Å². The van der Waals surface area contributed by atoms with Crippen LogP contribution >= 0.6 is 0 Å². The molecule has 1 aliphatic rings. The van der Waals surface area contributed by atoms with Gasteiger partial charge in [-0.05, 0) is 54.7 Å². The highest BCUT2D eigenvalue weighted by Crippen LogP contribution is 2.36. The summed E-state index contributed by atoms with van der Waals surface area (Å²) >= 11 is 0. The van der Waals surface area contributed by atoms with Crippen LogP contribution in [0.3, 0.4) is 0 Å². The number of anilines is 2. The molecule has 0 atom stereocenters. The van der Waals surface area contributed by atoms with Crippen LogP contribution in [0.15, 0.2) is 60.9 Å². The predicted octanol–water partition coefficient (Wildman–Crippen LogP) is 3.81. The van der Waals surface area contributed by atoms with Gasteiger partial charge in [0.15, 0.2) is 5.82 Å². The van der Waals surface area contributed by atoms with Crippen molar-refractivity contribution in [2.24, 2.45) is 0 Å². The summed E-state index contributed by atoms with van der Waals surface area (Å²) in [5, 5.41) is 5.74. The predicted molar refractivity (Wildman–Crippen MR) is 118 cm³/mol. The van der Waals surface area contributed by atoms with E-state index in [2.05, 4.69) is 25.2 Å². The smallest absolute Gasteiger partial charge is 0.319 e. The van der Waals surface area contributed by atoms with Gasteiger partial charge in [0, 0.05) is 23.6 Å². The van der Waals surface area contributed by atoms with Gasteiger partial charge in [-0.3, -0.25) is 0 Å². The van der Waals surface area contributed by atoms with Crippen molar-refractivity contribution in [2.45, 2.75) is 25.8 Å². The monoisotopic (exact) mass is 398 g/mol. The zero-order valence-corrected chi connectivity index (χ0v) is 16.4. The number of nitrogens with two attached hydrogens (primary N) is 1. The molecule has 30 heavy (non-hydrogen) atoms. The van der Waals surface area contributed by atoms with Gasteiger partial charge in [-0.2, -0.15) is 0 Å². The molecule has 150 valence electrons. The number of urea groups is 1. The van der Waals surface area contributed by atoms with Gasteiger partial charge < -0.3 is 20.9 Å². The van der Waals surface area contributed by atoms with E-state index in [4.69, 9.17) is 5.73 Å². The number of aryl methyl sites for hydroxylation is 1. The molecule has 4 N–H and O–H groups in total. The van der Waals surface area contributed by atoms with Crippen LogP contribution in [0.1, 0.15) is 23.2 Å². The molecule has 2 aromatic heterocycles. The van der Waals surface area contributed by atoms with Gasteiger partial charge >= 0.3 is 6.03 Å². The lowest BCUT2D eigenvalue weighted by molar-refractivity contribution is 0.251. The Labute approximate surface area is 174 Å². The standard InChI is InChI=1S/C23H22N6O/c24-22-21-20(26-14-27-22)18-7-4-8-19(18)29(21)17-11-9-16(10-12-17)28-23(30)25-13-15-5-2-1-3-6-15/h1-3,5-6,9-12,14H,4,7-8,13H2,(H2,24,26,27)(H2,25,28,30). The first-order chi connectivity index (χ1) is 14.7. The molecule has 2 aromatic carbocycles. The molecular weight excluding hydrogens is 376 g/mol. The third kappa shape index (κ3) is 3.24. The van der Waals surface area contributed by atoms with E-state index in [1.165, 1.54) is 17.6 Å². The lowest BCUT2D eigenvalue weighted by atomic mass is 10.2. The van der Waals surface area contributed by atoms with E-state index in [0.717, 1.165) is 47.2 Å². The second kappa shape index (κ2) is 7.51. The number of aromatic nitrogens is 3. The Balaban J connectivity index is 1.37. The van der Waals surface area contributed by atoms with Crippen LogP contribution in [0.2, 0.25) is 0 Å². The highest BCUT2D eigenvalue weighted by atomic mass is 16.2. The molecule has 0 bridgehead atoms. The third-order valence-corrected chi connectivity index (χ3v) is 5.50. The van der Waals surface area contributed by atoms with Gasteiger partial charge in [0.25, 0.3) is 0 Å². The number of hydrogen-bond donors (Lipinski definition) is 3. The summed E-state index contributed by atoms with van der Waals surface area (Å²) < 4.78 is 2.16. The Bertz CT molecular complexity index is 1210. The molecule has 2 amide bonds. The van der Waals surface area contributed by atoms with Crippen LogP contribution < -0.4 is 16.4 Å². The van der Waals surface area contributed by atoms with Crippen molar-refractivity contribution in [2.75, 3.05) is 11.1 Å². The van der Waals surface area contributed by atoms with Crippen LogP contribution in [0.25, 0.3) is 16.7 Å². The van der Waals surface area contributed by atoms with Gasteiger partial charge in [-0.1, -0.05) is 30.3 Å². The number of amides is 2. The molecule has 7 nitrogen and oxygen atoms in total. The summed E-state index contributed by atoms with van der Waals surface area (Å²) in [7, 11) is 0. The van der Waals surface area contributed by atoms with Gasteiger partial charge in [-0.25, -0.2) is 14.8 Å². The number of fused-ring (bicyclic) bond motifs is 3. The number of benzene rings is 2. The lowest BCUT2D eigenvalue weighted by Gasteiger charge is -2.12. The van der Waals surface area contributed by atoms with E-state index in [0.29, 0.717) is 12.4 Å². The minimum atomic E-state index is -0.239. The molecule has 4 aromatic rings. The Kier molecular flexibility index (Phi) is 4.55. The summed E-state index contributed by atoms with van der Waals surface area (Å²) in [6.45, 7) is 0.478. The van der Waals surface area contributed by atoms with Gasteiger partial charge in [0.05, 0.1) is 5.52 Å². The topological polar surface area (TPSA) is 97.9 Å². The first kappa shape index (κ1) is 18.2. The lowest BCUT2D eigenvalue weighted by Crippen LogP contribution is -2.28. The van der Waals surface area contributed by atoms with Crippen LogP contribution in [0.5, 0.6) is 0 Å². The fourth-order valence-electron chi connectivity index (χ4n) is 4.13. The number of rotatable bonds is 4. The minimum absolute atomic E-state index is 0.239. The molecule has 0 saturated carbocycles. The minimum Gasteiger partial charge on any atom is -0.382 e. The number of carbonyl (C=O) groups is 1. The molecule has 1 aliphatic carbocycles. The quantitative estimate of drug-likeness (QED) is 0.487. The summed E-state index contributed by atoms with van der Waals surface area (Å²) in [6, 6.07) is 17.3. The van der Waals surface area contributed by atoms with Crippen molar-refractivity contribution in [3.8, 4) is 5.69 Å². The number of nitrogens with zero attached hydrogens (tertiary/aromatic N) is 3. The van der Waals surface area contributed by atoms with Crippen molar-refractivity contribution in [1.29, 1.82) is 0 Å². The van der Waals surface area contributed by atoms with Gasteiger partial charge in [0.1, 0.15) is 11.8 Å². The SMILES string of the molecule is Nc1ncnc2c3c(n(-c4ccc(NC(=O)NCc5ccccc5)cc4)c12)CCC3. The molecule has 2 heterocycles. The molecule has 0 fully saturated rings. The summed E-state index contributed by atoms with van der Waals surface area (Å²) in [5.74, 6) is 0.483. The highest BCUT2D eigenvalue weighted by molar-refractivity contribution is 5.92. The molecule has 7 heteroatoms. The summed E-state index contributed by atoms with van der Waals surface area (Å²) in [4.78, 5) is 20.9. The Hall–Kier alpha value is -3.87. The number of hydrogen-bond acceptors (Lipinski definition) is 4. The van der Waals surface area contributed by atoms with Crippen molar-refractivity contribution in [3.63, 3.8) is 0 Å². The van der Waals surface area contributed by atoms with Crippen LogP contribution in [-0.4, -0.2) is 20.6 Å². The molecule has 0 radical (unpaired) electrons. The number of nitrogen functional groups attached to an aromatic ring is 1. The Morgan fingerprint density at radius 1 is 1.03 bits per heavy atom. The number of nitrogens with one attached hydrogen (secondary N) is 2. The first-order valence-electron chi connectivity index (χ1n) is 10.0. The first-order valence-corrected chi connectivity index (χ1v) is 10.0. The second-order valence-corrected chi connectivity index (χ2v) is 7.41. The fraction of sp³-hybridized carbons (Fsp3) is 0.174. The molecule has 5 rings (SSSR count). The maximum Gasteiger partial charge on any atom is 0.319 e. The maximum absolute atomic E-state index is 12.2. The Morgan fingerprint density at radius 3 is 2.63 bits per heavy atom. The zero-order chi connectivity index (χ0) is 20.5. The van der Waals surface area contributed by atoms with E-state index >= 15 is 0 Å². The van der Waals surface area contributed by atoms with Crippen molar-refractivity contribution in [3.05, 3.63) is 77.7 Å². The van der Waals surface area contributed by atoms with E-state index in [-0.39, 0.29) is 6.03 Å². The van der Waals surface area contributed by atoms with Crippen molar-refractivity contribution < 1.29 is 4.79 Å². The highest BCUT2D eigenvalue weighted by Gasteiger charge is 2.25. The summed E-state index contributed by atoms with van der Waals surface area (Å²) in [6.07, 6.45) is 4.65. The Morgan fingerprint density at radius 2 is 1.83 bits per heavy atom. The normalized spacial score (nSPS) is 12.7. The van der Waals surface area contributed by atoms with Gasteiger partial charge in [-0.15, -0.1) is 0 Å². The van der Waals surface area contributed by atoms with Crippen molar-refractivity contribution >= 4 is 28.6 Å². The van der Waals surface area contributed by atoms with Crippen LogP contribution in [-0.2, 0) is 19.4 Å². The van der Waals surface area contributed by atoms with E-state index in [1.54, 1.807) is 0 Å². The molecule has 0 aliphatic heterocycles.